The molecule has 0 aromatic heterocycles. The predicted molar refractivity (Wildman–Crippen MR) is 86.6 cm³/mol. The Morgan fingerprint density at radius 1 is 1.00 bits per heavy atom. The van der Waals surface area contributed by atoms with Gasteiger partial charge in [-0.1, -0.05) is 29.8 Å². The Hall–Kier alpha value is -0.900. The van der Waals surface area contributed by atoms with Crippen LogP contribution < -0.4 is 0 Å². The number of aryl methyl sites for hydroxylation is 1. The van der Waals surface area contributed by atoms with Gasteiger partial charge in [0.1, 0.15) is 0 Å². The van der Waals surface area contributed by atoms with Crippen molar-refractivity contribution in [3.05, 3.63) is 35.4 Å². The zero-order chi connectivity index (χ0) is 14.5. The van der Waals surface area contributed by atoms with E-state index in [0.717, 1.165) is 26.3 Å². The van der Waals surface area contributed by atoms with Crippen LogP contribution in [-0.2, 0) is 4.74 Å². The molecule has 0 saturated carbocycles. The molecule has 2 aliphatic rings. The fraction of sp³-hybridized carbons (Fsp3) is 0.667. The van der Waals surface area contributed by atoms with Crippen LogP contribution in [0.3, 0.4) is 0 Å². The number of likely N-dealkylation sites (tertiary alicyclic amines) is 1. The van der Waals surface area contributed by atoms with Gasteiger partial charge in [0, 0.05) is 19.1 Å². The average molecular weight is 288 g/mol. The Morgan fingerprint density at radius 3 is 2.33 bits per heavy atom. The first-order valence-electron chi connectivity index (χ1n) is 8.43. The molecule has 0 amide bonds. The third-order valence-corrected chi connectivity index (χ3v) is 4.87. The van der Waals surface area contributed by atoms with Crippen LogP contribution in [0.2, 0.25) is 0 Å². The smallest absolute Gasteiger partial charge is 0.0594 e. The van der Waals surface area contributed by atoms with E-state index in [1.54, 1.807) is 0 Å². The lowest BCUT2D eigenvalue weighted by molar-refractivity contribution is 0.0125. The number of morpholine rings is 1. The van der Waals surface area contributed by atoms with Crippen molar-refractivity contribution >= 4 is 0 Å². The predicted octanol–water partition coefficient (Wildman–Crippen LogP) is 2.85. The maximum absolute atomic E-state index is 5.53. The summed E-state index contributed by atoms with van der Waals surface area (Å²) in [4.78, 5) is 5.24. The molecule has 1 atom stereocenters. The summed E-state index contributed by atoms with van der Waals surface area (Å²) in [7, 11) is 0. The summed E-state index contributed by atoms with van der Waals surface area (Å²) in [5.41, 5.74) is 2.82. The van der Waals surface area contributed by atoms with Gasteiger partial charge in [-0.2, -0.15) is 0 Å². The monoisotopic (exact) mass is 288 g/mol. The van der Waals surface area contributed by atoms with Crippen LogP contribution in [0.5, 0.6) is 0 Å². The summed E-state index contributed by atoms with van der Waals surface area (Å²) >= 11 is 0. The van der Waals surface area contributed by atoms with Crippen molar-refractivity contribution in [2.45, 2.75) is 32.2 Å². The van der Waals surface area contributed by atoms with Crippen molar-refractivity contribution in [1.29, 1.82) is 0 Å². The van der Waals surface area contributed by atoms with Crippen LogP contribution in [-0.4, -0.2) is 55.7 Å². The average Bonchev–Trinajstić information content (AvgIpc) is 3.04. The van der Waals surface area contributed by atoms with Crippen LogP contribution in [0.15, 0.2) is 24.3 Å². The molecule has 3 nitrogen and oxygen atoms in total. The molecule has 0 aliphatic carbocycles. The highest BCUT2D eigenvalue weighted by atomic mass is 16.5. The summed E-state index contributed by atoms with van der Waals surface area (Å²) in [5, 5.41) is 0. The van der Waals surface area contributed by atoms with Gasteiger partial charge < -0.3 is 9.64 Å². The molecule has 2 fully saturated rings. The molecule has 3 heteroatoms. The van der Waals surface area contributed by atoms with Gasteiger partial charge in [-0.05, 0) is 51.4 Å². The van der Waals surface area contributed by atoms with E-state index in [4.69, 9.17) is 4.74 Å². The molecule has 21 heavy (non-hydrogen) atoms. The van der Waals surface area contributed by atoms with Crippen LogP contribution in [0.25, 0.3) is 0 Å². The zero-order valence-corrected chi connectivity index (χ0v) is 13.3. The molecule has 2 heterocycles. The molecule has 3 rings (SSSR count). The second-order valence-corrected chi connectivity index (χ2v) is 6.41. The molecular formula is C18H28N2O. The Labute approximate surface area is 128 Å². The molecule has 1 aromatic rings. The fourth-order valence-corrected chi connectivity index (χ4v) is 3.55. The summed E-state index contributed by atoms with van der Waals surface area (Å²) in [5.74, 6) is 0. The molecule has 0 bridgehead atoms. The summed E-state index contributed by atoms with van der Waals surface area (Å²) in [6, 6.07) is 9.69. The molecule has 0 spiro atoms. The molecule has 2 saturated heterocycles. The lowest BCUT2D eigenvalue weighted by Crippen LogP contribution is -2.40. The maximum Gasteiger partial charge on any atom is 0.0594 e. The second kappa shape index (κ2) is 7.39. The van der Waals surface area contributed by atoms with Gasteiger partial charge in [-0.15, -0.1) is 0 Å². The van der Waals surface area contributed by atoms with E-state index < -0.39 is 0 Å². The normalized spacial score (nSPS) is 22.5. The van der Waals surface area contributed by atoms with Crippen molar-refractivity contribution in [3.8, 4) is 0 Å². The van der Waals surface area contributed by atoms with Gasteiger partial charge in [-0.3, -0.25) is 4.90 Å². The van der Waals surface area contributed by atoms with Gasteiger partial charge >= 0.3 is 0 Å². The third-order valence-electron chi connectivity index (χ3n) is 4.87. The van der Waals surface area contributed by atoms with E-state index in [9.17, 15) is 0 Å². The lowest BCUT2D eigenvalue weighted by atomic mass is 10.00. The van der Waals surface area contributed by atoms with E-state index >= 15 is 0 Å². The van der Waals surface area contributed by atoms with Crippen LogP contribution in [0, 0.1) is 6.92 Å². The van der Waals surface area contributed by atoms with E-state index in [1.807, 2.05) is 0 Å². The first-order valence-corrected chi connectivity index (χ1v) is 8.43. The standard InChI is InChI=1S/C18H28N2O/c1-16-4-6-17(7-5-16)18(20-12-14-21-15-13-20)8-11-19-9-2-3-10-19/h4-7,18H,2-3,8-15H2,1H3. The minimum absolute atomic E-state index is 0.551. The Balaban J connectivity index is 1.68. The van der Waals surface area contributed by atoms with Gasteiger partial charge in [0.25, 0.3) is 0 Å². The van der Waals surface area contributed by atoms with E-state index in [0.29, 0.717) is 6.04 Å². The molecule has 0 N–H and O–H groups in total. The molecule has 1 aromatic carbocycles. The number of benzene rings is 1. The number of ether oxygens (including phenoxy) is 1. The second-order valence-electron chi connectivity index (χ2n) is 6.41. The number of nitrogens with zero attached hydrogens (tertiary/aromatic N) is 2. The van der Waals surface area contributed by atoms with Crippen molar-refractivity contribution < 1.29 is 4.74 Å². The van der Waals surface area contributed by atoms with Crippen molar-refractivity contribution in [3.63, 3.8) is 0 Å². The minimum Gasteiger partial charge on any atom is -0.379 e. The maximum atomic E-state index is 5.53. The first kappa shape index (κ1) is 15.0. The highest BCUT2D eigenvalue weighted by Gasteiger charge is 2.23. The van der Waals surface area contributed by atoms with E-state index in [2.05, 4.69) is 41.0 Å². The van der Waals surface area contributed by atoms with E-state index in [1.165, 1.54) is 50.0 Å². The van der Waals surface area contributed by atoms with Gasteiger partial charge in [0.05, 0.1) is 13.2 Å². The van der Waals surface area contributed by atoms with Gasteiger partial charge in [0.15, 0.2) is 0 Å². The van der Waals surface area contributed by atoms with Crippen LogP contribution in [0.4, 0.5) is 0 Å². The van der Waals surface area contributed by atoms with Gasteiger partial charge in [-0.25, -0.2) is 0 Å². The quantitative estimate of drug-likeness (QED) is 0.828. The largest absolute Gasteiger partial charge is 0.379 e. The highest BCUT2D eigenvalue weighted by molar-refractivity contribution is 5.24. The molecule has 2 aliphatic heterocycles. The topological polar surface area (TPSA) is 15.7 Å². The summed E-state index contributed by atoms with van der Waals surface area (Å²) in [6.07, 6.45) is 4.00. The van der Waals surface area contributed by atoms with Crippen LogP contribution >= 0.6 is 0 Å². The van der Waals surface area contributed by atoms with Crippen molar-refractivity contribution in [2.75, 3.05) is 45.9 Å². The Bertz CT molecular complexity index is 419. The summed E-state index contributed by atoms with van der Waals surface area (Å²) < 4.78 is 5.53. The van der Waals surface area contributed by atoms with Crippen LogP contribution in [0.1, 0.15) is 36.4 Å². The van der Waals surface area contributed by atoms with E-state index in [-0.39, 0.29) is 0 Å². The third kappa shape index (κ3) is 4.06. The Morgan fingerprint density at radius 2 is 1.67 bits per heavy atom. The van der Waals surface area contributed by atoms with Gasteiger partial charge in [0.2, 0.25) is 0 Å². The lowest BCUT2D eigenvalue weighted by Gasteiger charge is -2.35. The van der Waals surface area contributed by atoms with Crippen molar-refractivity contribution in [2.24, 2.45) is 0 Å². The molecule has 1 unspecified atom stereocenters. The fourth-order valence-electron chi connectivity index (χ4n) is 3.55. The molecule has 0 radical (unpaired) electrons. The SMILES string of the molecule is Cc1ccc(C(CCN2CCCC2)N2CCOCC2)cc1. The number of rotatable bonds is 5. The zero-order valence-electron chi connectivity index (χ0n) is 13.3. The highest BCUT2D eigenvalue weighted by Crippen LogP contribution is 2.26. The van der Waals surface area contributed by atoms with Crippen molar-refractivity contribution in [1.82, 2.24) is 9.80 Å². The summed E-state index contributed by atoms with van der Waals surface area (Å²) in [6.45, 7) is 9.89. The number of hydrogen-bond donors (Lipinski definition) is 0. The Kier molecular flexibility index (Phi) is 5.28. The minimum atomic E-state index is 0.551. The first-order chi connectivity index (χ1) is 10.3. The number of hydrogen-bond acceptors (Lipinski definition) is 3. The molecular weight excluding hydrogens is 260 g/mol. The molecule has 116 valence electrons.